The quantitative estimate of drug-likeness (QED) is 0.645. The Morgan fingerprint density at radius 2 is 1.93 bits per heavy atom. The maximum atomic E-state index is 11.2. The van der Waals surface area contributed by atoms with E-state index < -0.39 is 17.6 Å². The van der Waals surface area contributed by atoms with Gasteiger partial charge in [-0.15, -0.1) is 12.4 Å². The van der Waals surface area contributed by atoms with Crippen molar-refractivity contribution in [1.29, 1.82) is 0 Å². The molecule has 1 rings (SSSR count). The van der Waals surface area contributed by atoms with Crippen molar-refractivity contribution < 1.29 is 14.4 Å². The number of halogens is 1. The van der Waals surface area contributed by atoms with E-state index in [0.29, 0.717) is 0 Å². The Kier molecular flexibility index (Phi) is 4.05. The fourth-order valence-corrected chi connectivity index (χ4v) is 1.00. The normalized spacial score (nSPS) is 22.6. The van der Waals surface area contributed by atoms with Crippen LogP contribution < -0.4 is 5.73 Å². The topological polar surface area (TPSA) is 72.6 Å². The Morgan fingerprint density at radius 1 is 1.43 bits per heavy atom. The van der Waals surface area contributed by atoms with Crippen LogP contribution >= 0.6 is 12.4 Å². The molecule has 2 amide bonds. The van der Waals surface area contributed by atoms with Gasteiger partial charge in [0.2, 0.25) is 0 Å². The van der Waals surface area contributed by atoms with Gasteiger partial charge >= 0.3 is 0 Å². The lowest BCUT2D eigenvalue weighted by Crippen LogP contribution is -2.40. The van der Waals surface area contributed by atoms with Gasteiger partial charge in [0.1, 0.15) is 0 Å². The van der Waals surface area contributed by atoms with Crippen molar-refractivity contribution in [2.75, 3.05) is 0 Å². The predicted molar refractivity (Wildman–Crippen MR) is 52.5 cm³/mol. The number of rotatable bonds is 1. The average Bonchev–Trinajstić information content (AvgIpc) is 2.14. The van der Waals surface area contributed by atoms with Gasteiger partial charge < -0.3 is 5.73 Å². The molecule has 0 unspecified atom stereocenters. The zero-order valence-electron chi connectivity index (χ0n) is 8.44. The summed E-state index contributed by atoms with van der Waals surface area (Å²) in [5.74, 6) is -0.827. The van der Waals surface area contributed by atoms with Gasteiger partial charge in [0, 0.05) is 0 Å². The number of nitrogens with zero attached hydrogens (tertiary/aromatic N) is 1. The van der Waals surface area contributed by atoms with Crippen LogP contribution in [0.4, 0.5) is 0 Å². The Bertz CT molecular complexity index is 249. The lowest BCUT2D eigenvalue weighted by atomic mass is 10.2. The third-order valence-electron chi connectivity index (χ3n) is 1.50. The van der Waals surface area contributed by atoms with Gasteiger partial charge in [-0.05, 0) is 20.8 Å². The van der Waals surface area contributed by atoms with Gasteiger partial charge in [0.15, 0.2) is 0 Å². The summed E-state index contributed by atoms with van der Waals surface area (Å²) in [7, 11) is 0. The summed E-state index contributed by atoms with van der Waals surface area (Å²) in [5, 5.41) is 0.769. The van der Waals surface area contributed by atoms with Crippen molar-refractivity contribution in [1.82, 2.24) is 5.06 Å². The molecule has 82 valence electrons. The summed E-state index contributed by atoms with van der Waals surface area (Å²) in [6.07, 6.45) is 0.0366. The fraction of sp³-hybridized carbons (Fsp3) is 0.750. The third kappa shape index (κ3) is 2.94. The zero-order chi connectivity index (χ0) is 10.2. The first-order valence-corrected chi connectivity index (χ1v) is 4.13. The molecule has 5 nitrogen and oxygen atoms in total. The molecule has 1 atom stereocenters. The van der Waals surface area contributed by atoms with Crippen molar-refractivity contribution in [3.63, 3.8) is 0 Å². The van der Waals surface area contributed by atoms with Crippen LogP contribution in [-0.4, -0.2) is 28.5 Å². The molecular formula is C8H15ClN2O3. The van der Waals surface area contributed by atoms with Gasteiger partial charge in [-0.2, -0.15) is 5.06 Å². The summed E-state index contributed by atoms with van der Waals surface area (Å²) in [6.45, 7) is 5.28. The number of carbonyl (C=O) groups excluding carboxylic acids is 2. The minimum absolute atomic E-state index is 0. The molecule has 0 aliphatic carbocycles. The van der Waals surface area contributed by atoms with Crippen LogP contribution in [-0.2, 0) is 14.4 Å². The van der Waals surface area contributed by atoms with E-state index in [0.717, 1.165) is 5.06 Å². The summed E-state index contributed by atoms with van der Waals surface area (Å²) in [6, 6.07) is -0.741. The highest BCUT2D eigenvalue weighted by atomic mass is 35.5. The largest absolute Gasteiger partial charge is 0.319 e. The number of imide groups is 1. The Balaban J connectivity index is 0.00000169. The number of amides is 2. The van der Waals surface area contributed by atoms with E-state index in [-0.39, 0.29) is 24.7 Å². The zero-order valence-corrected chi connectivity index (χ0v) is 9.26. The van der Waals surface area contributed by atoms with E-state index in [9.17, 15) is 9.59 Å². The molecule has 0 radical (unpaired) electrons. The van der Waals surface area contributed by atoms with Gasteiger partial charge in [0.25, 0.3) is 11.8 Å². The van der Waals surface area contributed by atoms with Gasteiger partial charge in [-0.3, -0.25) is 14.4 Å². The SMILES string of the molecule is CC(C)(C)ON1C(=O)C[C@@H](N)C1=O.Cl. The number of hydroxylamine groups is 2. The highest BCUT2D eigenvalue weighted by molar-refractivity contribution is 6.04. The first-order chi connectivity index (χ1) is 5.81. The lowest BCUT2D eigenvalue weighted by Gasteiger charge is -2.24. The van der Waals surface area contributed by atoms with Crippen LogP contribution in [0, 0.1) is 0 Å². The van der Waals surface area contributed by atoms with Crippen LogP contribution in [0.2, 0.25) is 0 Å². The van der Waals surface area contributed by atoms with Gasteiger partial charge in [0.05, 0.1) is 18.1 Å². The molecule has 0 spiro atoms. The van der Waals surface area contributed by atoms with E-state index in [1.165, 1.54) is 0 Å². The molecule has 1 aliphatic heterocycles. The molecule has 1 aliphatic rings. The molecule has 0 saturated carbocycles. The molecule has 0 aromatic carbocycles. The Hall–Kier alpha value is -0.650. The smallest absolute Gasteiger partial charge is 0.270 e. The van der Waals surface area contributed by atoms with Crippen LogP contribution in [0.15, 0.2) is 0 Å². The minimum atomic E-state index is -0.741. The van der Waals surface area contributed by atoms with Crippen molar-refractivity contribution in [3.8, 4) is 0 Å². The van der Waals surface area contributed by atoms with Gasteiger partial charge in [-0.25, -0.2) is 0 Å². The molecule has 0 aromatic heterocycles. The molecular weight excluding hydrogens is 208 g/mol. The number of nitrogens with two attached hydrogens (primary N) is 1. The summed E-state index contributed by atoms with van der Waals surface area (Å²) < 4.78 is 0. The third-order valence-corrected chi connectivity index (χ3v) is 1.50. The van der Waals surface area contributed by atoms with E-state index in [4.69, 9.17) is 10.6 Å². The van der Waals surface area contributed by atoms with Crippen molar-refractivity contribution >= 4 is 24.2 Å². The van der Waals surface area contributed by atoms with E-state index >= 15 is 0 Å². The summed E-state index contributed by atoms with van der Waals surface area (Å²) in [4.78, 5) is 27.6. The highest BCUT2D eigenvalue weighted by Crippen LogP contribution is 2.17. The maximum Gasteiger partial charge on any atom is 0.270 e. The van der Waals surface area contributed by atoms with Crippen molar-refractivity contribution in [2.24, 2.45) is 5.73 Å². The second-order valence-electron chi connectivity index (χ2n) is 4.04. The predicted octanol–water partition coefficient (Wildman–Crippen LogP) is 0.225. The molecule has 0 aromatic rings. The van der Waals surface area contributed by atoms with Crippen LogP contribution in [0.1, 0.15) is 27.2 Å². The van der Waals surface area contributed by atoms with E-state index in [1.54, 1.807) is 20.8 Å². The maximum absolute atomic E-state index is 11.2. The first kappa shape index (κ1) is 13.4. The monoisotopic (exact) mass is 222 g/mol. The standard InChI is InChI=1S/C8H14N2O3.ClH/c1-8(2,3)13-10-6(11)4-5(9)7(10)12;/h5H,4,9H2,1-3H3;1H/t5-;/m1./s1. The fourth-order valence-electron chi connectivity index (χ4n) is 1.00. The van der Waals surface area contributed by atoms with Crippen molar-refractivity contribution in [3.05, 3.63) is 0 Å². The average molecular weight is 223 g/mol. The number of hydrogen-bond donors (Lipinski definition) is 1. The first-order valence-electron chi connectivity index (χ1n) is 4.13. The second-order valence-corrected chi connectivity index (χ2v) is 4.04. The number of hydrogen-bond acceptors (Lipinski definition) is 4. The summed E-state index contributed by atoms with van der Waals surface area (Å²) >= 11 is 0. The molecule has 1 fully saturated rings. The Morgan fingerprint density at radius 3 is 2.21 bits per heavy atom. The number of carbonyl (C=O) groups is 2. The molecule has 1 heterocycles. The van der Waals surface area contributed by atoms with E-state index in [2.05, 4.69) is 0 Å². The highest BCUT2D eigenvalue weighted by Gasteiger charge is 2.39. The van der Waals surface area contributed by atoms with Crippen LogP contribution in [0.25, 0.3) is 0 Å². The van der Waals surface area contributed by atoms with Crippen LogP contribution in [0.3, 0.4) is 0 Å². The Labute approximate surface area is 88.9 Å². The molecule has 2 N–H and O–H groups in total. The van der Waals surface area contributed by atoms with Gasteiger partial charge in [-0.1, -0.05) is 0 Å². The lowest BCUT2D eigenvalue weighted by molar-refractivity contribution is -0.219. The second kappa shape index (κ2) is 4.25. The molecule has 1 saturated heterocycles. The molecule has 0 bridgehead atoms. The molecule has 6 heteroatoms. The summed E-state index contributed by atoms with van der Waals surface area (Å²) in [5.41, 5.74) is 4.83. The molecule has 14 heavy (non-hydrogen) atoms. The van der Waals surface area contributed by atoms with Crippen molar-refractivity contribution in [2.45, 2.75) is 38.8 Å². The van der Waals surface area contributed by atoms with E-state index in [1.807, 2.05) is 0 Å². The minimum Gasteiger partial charge on any atom is -0.319 e. The van der Waals surface area contributed by atoms with Crippen LogP contribution in [0.5, 0.6) is 0 Å².